The van der Waals surface area contributed by atoms with E-state index in [-0.39, 0.29) is 11.6 Å². The molecular weight excluding hydrogens is 258 g/mol. The Bertz CT molecular complexity index is 498. The highest BCUT2D eigenvalue weighted by atomic mass is 16.4. The van der Waals surface area contributed by atoms with Crippen molar-refractivity contribution in [3.8, 4) is 0 Å². The quantitative estimate of drug-likeness (QED) is 0.867. The summed E-state index contributed by atoms with van der Waals surface area (Å²) >= 11 is 0. The van der Waals surface area contributed by atoms with E-state index in [0.29, 0.717) is 12.1 Å². The molecule has 0 atom stereocenters. The molecule has 1 aliphatic heterocycles. The zero-order chi connectivity index (χ0) is 14.5. The number of carboxylic acids is 1. The van der Waals surface area contributed by atoms with Crippen LogP contribution in [-0.2, 0) is 0 Å². The summed E-state index contributed by atoms with van der Waals surface area (Å²) in [7, 11) is 1.74. The fourth-order valence-electron chi connectivity index (χ4n) is 2.30. The molecule has 0 spiro atoms. The summed E-state index contributed by atoms with van der Waals surface area (Å²) in [6, 6.07) is 2.86. The molecule has 0 unspecified atom stereocenters. The third kappa shape index (κ3) is 3.54. The first-order valence-electron chi connectivity index (χ1n) is 6.75. The van der Waals surface area contributed by atoms with Gasteiger partial charge in [0.2, 0.25) is 0 Å². The van der Waals surface area contributed by atoms with Gasteiger partial charge in [-0.2, -0.15) is 0 Å². The van der Waals surface area contributed by atoms with E-state index in [1.54, 1.807) is 18.0 Å². The van der Waals surface area contributed by atoms with Crippen LogP contribution in [0, 0.1) is 0 Å². The van der Waals surface area contributed by atoms with Crippen molar-refractivity contribution in [1.82, 2.24) is 14.8 Å². The van der Waals surface area contributed by atoms with E-state index in [2.05, 4.69) is 9.88 Å². The van der Waals surface area contributed by atoms with Gasteiger partial charge >= 0.3 is 5.97 Å². The summed E-state index contributed by atoms with van der Waals surface area (Å²) in [6.45, 7) is 3.70. The minimum Gasteiger partial charge on any atom is -0.477 e. The molecular formula is C14H19N3O3. The molecule has 6 nitrogen and oxygen atoms in total. The van der Waals surface area contributed by atoms with Crippen LogP contribution in [0.5, 0.6) is 0 Å². The van der Waals surface area contributed by atoms with Crippen LogP contribution in [0.4, 0.5) is 0 Å². The molecule has 0 bridgehead atoms. The molecule has 108 valence electrons. The van der Waals surface area contributed by atoms with Crippen molar-refractivity contribution in [3.05, 3.63) is 29.6 Å². The predicted octanol–water partition coefficient (Wildman–Crippen LogP) is 0.948. The van der Waals surface area contributed by atoms with Gasteiger partial charge in [0.05, 0.1) is 0 Å². The normalized spacial score (nSPS) is 15.2. The number of likely N-dealkylation sites (N-methyl/N-ethyl adjacent to an activating group) is 1. The summed E-state index contributed by atoms with van der Waals surface area (Å²) in [5.41, 5.74) is 0.255. The minimum atomic E-state index is -1.13. The van der Waals surface area contributed by atoms with Gasteiger partial charge in [0.1, 0.15) is 5.69 Å². The molecule has 0 aliphatic carbocycles. The summed E-state index contributed by atoms with van der Waals surface area (Å²) < 4.78 is 0. The highest BCUT2D eigenvalue weighted by Crippen LogP contribution is 2.08. The Balaban J connectivity index is 1.95. The molecule has 1 amide bonds. The van der Waals surface area contributed by atoms with Gasteiger partial charge in [-0.15, -0.1) is 0 Å². The van der Waals surface area contributed by atoms with Crippen molar-refractivity contribution in [2.45, 2.75) is 12.8 Å². The molecule has 1 aliphatic rings. The summed E-state index contributed by atoms with van der Waals surface area (Å²) in [5, 5.41) is 8.88. The summed E-state index contributed by atoms with van der Waals surface area (Å²) in [6.07, 6.45) is 3.80. The molecule has 2 heterocycles. The Labute approximate surface area is 118 Å². The predicted molar refractivity (Wildman–Crippen MR) is 73.8 cm³/mol. The van der Waals surface area contributed by atoms with Gasteiger partial charge in [-0.05, 0) is 38.1 Å². The van der Waals surface area contributed by atoms with Crippen LogP contribution in [-0.4, -0.2) is 65.0 Å². The lowest BCUT2D eigenvalue weighted by Gasteiger charge is -2.21. The lowest BCUT2D eigenvalue weighted by atomic mass is 10.2. The number of carbonyl (C=O) groups excluding carboxylic acids is 1. The van der Waals surface area contributed by atoms with Crippen molar-refractivity contribution in [2.24, 2.45) is 0 Å². The average molecular weight is 277 g/mol. The molecule has 1 aromatic heterocycles. The number of pyridine rings is 1. The maximum atomic E-state index is 12.2. The first kappa shape index (κ1) is 14.5. The van der Waals surface area contributed by atoms with Gasteiger partial charge in [0, 0.05) is 31.9 Å². The Kier molecular flexibility index (Phi) is 4.68. The van der Waals surface area contributed by atoms with E-state index in [1.165, 1.54) is 25.1 Å². The topological polar surface area (TPSA) is 73.7 Å². The van der Waals surface area contributed by atoms with Crippen LogP contribution in [0.15, 0.2) is 18.3 Å². The average Bonchev–Trinajstić information content (AvgIpc) is 2.97. The van der Waals surface area contributed by atoms with E-state index in [0.717, 1.165) is 19.6 Å². The SMILES string of the molecule is CN(CCN1CCCC1)C(=O)c1ccnc(C(=O)O)c1. The van der Waals surface area contributed by atoms with Gasteiger partial charge in [0.15, 0.2) is 0 Å². The first-order chi connectivity index (χ1) is 9.58. The lowest BCUT2D eigenvalue weighted by Crippen LogP contribution is -2.35. The van der Waals surface area contributed by atoms with Crippen LogP contribution in [0.2, 0.25) is 0 Å². The Morgan fingerprint density at radius 3 is 2.75 bits per heavy atom. The van der Waals surface area contributed by atoms with Crippen molar-refractivity contribution in [1.29, 1.82) is 0 Å². The second-order valence-corrected chi connectivity index (χ2v) is 5.01. The van der Waals surface area contributed by atoms with Crippen LogP contribution in [0.25, 0.3) is 0 Å². The molecule has 1 saturated heterocycles. The highest BCUT2D eigenvalue weighted by Gasteiger charge is 2.17. The molecule has 1 N–H and O–H groups in total. The summed E-state index contributed by atoms with van der Waals surface area (Å²) in [4.78, 5) is 30.7. The van der Waals surface area contributed by atoms with E-state index in [9.17, 15) is 9.59 Å². The van der Waals surface area contributed by atoms with E-state index in [4.69, 9.17) is 5.11 Å². The molecule has 1 aromatic rings. The molecule has 20 heavy (non-hydrogen) atoms. The second kappa shape index (κ2) is 6.47. The molecule has 0 radical (unpaired) electrons. The third-order valence-electron chi connectivity index (χ3n) is 3.52. The van der Waals surface area contributed by atoms with Crippen LogP contribution < -0.4 is 0 Å². The largest absolute Gasteiger partial charge is 0.477 e. The van der Waals surface area contributed by atoms with Gasteiger partial charge in [-0.3, -0.25) is 4.79 Å². The van der Waals surface area contributed by atoms with Gasteiger partial charge in [0.25, 0.3) is 5.91 Å². The number of rotatable bonds is 5. The standard InChI is InChI=1S/C14H19N3O3/c1-16(8-9-17-6-2-3-7-17)13(18)11-4-5-15-12(10-11)14(19)20/h4-5,10H,2-3,6-9H2,1H3,(H,19,20). The fourth-order valence-corrected chi connectivity index (χ4v) is 2.30. The molecule has 6 heteroatoms. The van der Waals surface area contributed by atoms with E-state index >= 15 is 0 Å². The monoisotopic (exact) mass is 277 g/mol. The maximum Gasteiger partial charge on any atom is 0.354 e. The number of carboxylic acid groups (broad SMARTS) is 1. The molecule has 0 saturated carbocycles. The number of hydrogen-bond donors (Lipinski definition) is 1. The second-order valence-electron chi connectivity index (χ2n) is 5.01. The van der Waals surface area contributed by atoms with Crippen molar-refractivity contribution >= 4 is 11.9 Å². The van der Waals surface area contributed by atoms with Crippen molar-refractivity contribution in [2.75, 3.05) is 33.2 Å². The number of hydrogen-bond acceptors (Lipinski definition) is 4. The first-order valence-corrected chi connectivity index (χ1v) is 6.75. The molecule has 2 rings (SSSR count). The van der Waals surface area contributed by atoms with Crippen LogP contribution in [0.1, 0.15) is 33.7 Å². The summed E-state index contributed by atoms with van der Waals surface area (Å²) in [5.74, 6) is -1.30. The van der Waals surface area contributed by atoms with Gasteiger partial charge < -0.3 is 14.9 Å². The number of likely N-dealkylation sites (tertiary alicyclic amines) is 1. The van der Waals surface area contributed by atoms with Gasteiger partial charge in [-0.1, -0.05) is 0 Å². The van der Waals surface area contributed by atoms with Gasteiger partial charge in [-0.25, -0.2) is 9.78 Å². The van der Waals surface area contributed by atoms with Crippen molar-refractivity contribution < 1.29 is 14.7 Å². The maximum absolute atomic E-state index is 12.2. The molecule has 0 aromatic carbocycles. The zero-order valence-corrected chi connectivity index (χ0v) is 11.6. The number of amides is 1. The Morgan fingerprint density at radius 2 is 2.10 bits per heavy atom. The van der Waals surface area contributed by atoms with Crippen molar-refractivity contribution in [3.63, 3.8) is 0 Å². The van der Waals surface area contributed by atoms with Crippen LogP contribution in [0.3, 0.4) is 0 Å². The fraction of sp³-hybridized carbons (Fsp3) is 0.500. The Hall–Kier alpha value is -1.95. The number of aromatic nitrogens is 1. The number of carbonyl (C=O) groups is 2. The van der Waals surface area contributed by atoms with E-state index < -0.39 is 5.97 Å². The lowest BCUT2D eigenvalue weighted by molar-refractivity contribution is 0.0690. The Morgan fingerprint density at radius 1 is 1.40 bits per heavy atom. The number of nitrogens with zero attached hydrogens (tertiary/aromatic N) is 3. The third-order valence-corrected chi connectivity index (χ3v) is 3.52. The van der Waals surface area contributed by atoms with E-state index in [1.807, 2.05) is 0 Å². The zero-order valence-electron chi connectivity index (χ0n) is 11.6. The smallest absolute Gasteiger partial charge is 0.354 e. The highest BCUT2D eigenvalue weighted by molar-refractivity contribution is 5.96. The minimum absolute atomic E-state index is 0.108. The van der Waals surface area contributed by atoms with Crippen LogP contribution >= 0.6 is 0 Å². The number of aromatic carboxylic acids is 1. The molecule has 1 fully saturated rings.